The Balaban J connectivity index is 1.64. The van der Waals surface area contributed by atoms with E-state index in [1.165, 1.54) is 19.5 Å². The van der Waals surface area contributed by atoms with Crippen LogP contribution in [0.1, 0.15) is 29.1 Å². The molecule has 1 aliphatic heterocycles. The first-order valence-electron chi connectivity index (χ1n) is 7.41. The Morgan fingerprint density at radius 1 is 1.39 bits per heavy atom. The Kier molecular flexibility index (Phi) is 4.40. The fraction of sp³-hybridized carbons (Fsp3) is 0.467. The number of carbonyl (C=O) groups excluding carboxylic acids is 1. The molecule has 1 amide bonds. The standard InChI is InChI=1S/C15H18N4O4/c1-10-6-12(18-23-10)15(20)19-5-3-4-11(9-19)22-14-8-16-7-13(17-14)21-2/h6-8,11H,3-5,9H2,1-2H3. The highest BCUT2D eigenvalue weighted by Crippen LogP contribution is 2.19. The first-order valence-corrected chi connectivity index (χ1v) is 7.41. The smallest absolute Gasteiger partial charge is 0.276 e. The van der Waals surface area contributed by atoms with Gasteiger partial charge in [0.1, 0.15) is 11.9 Å². The third-order valence-corrected chi connectivity index (χ3v) is 3.60. The van der Waals surface area contributed by atoms with E-state index in [0.717, 1.165) is 12.8 Å². The van der Waals surface area contributed by atoms with E-state index in [4.69, 9.17) is 14.0 Å². The summed E-state index contributed by atoms with van der Waals surface area (Å²) in [5, 5.41) is 3.78. The molecular formula is C15H18N4O4. The molecule has 0 N–H and O–H groups in total. The lowest BCUT2D eigenvalue weighted by Gasteiger charge is -2.32. The summed E-state index contributed by atoms with van der Waals surface area (Å²) in [6, 6.07) is 1.64. The molecule has 3 heterocycles. The maximum Gasteiger partial charge on any atom is 0.276 e. The van der Waals surface area contributed by atoms with Crippen LogP contribution < -0.4 is 9.47 Å². The van der Waals surface area contributed by atoms with Crippen molar-refractivity contribution in [3.8, 4) is 11.8 Å². The second-order valence-electron chi connectivity index (χ2n) is 5.36. The van der Waals surface area contributed by atoms with Crippen molar-refractivity contribution in [2.45, 2.75) is 25.9 Å². The number of hydrogen-bond acceptors (Lipinski definition) is 7. The number of nitrogens with zero attached hydrogens (tertiary/aromatic N) is 4. The van der Waals surface area contributed by atoms with Gasteiger partial charge in [0.25, 0.3) is 5.91 Å². The molecule has 1 saturated heterocycles. The molecule has 1 unspecified atom stereocenters. The lowest BCUT2D eigenvalue weighted by atomic mass is 10.1. The van der Waals surface area contributed by atoms with Crippen LogP contribution in [-0.4, -0.2) is 52.2 Å². The molecule has 122 valence electrons. The summed E-state index contributed by atoms with van der Waals surface area (Å²) in [5.41, 5.74) is 0.323. The quantitative estimate of drug-likeness (QED) is 0.843. The van der Waals surface area contributed by atoms with Gasteiger partial charge in [0.2, 0.25) is 11.8 Å². The van der Waals surface area contributed by atoms with Crippen molar-refractivity contribution in [1.29, 1.82) is 0 Å². The molecule has 0 aliphatic carbocycles. The zero-order valence-corrected chi connectivity index (χ0v) is 13.1. The topological polar surface area (TPSA) is 90.6 Å². The van der Waals surface area contributed by atoms with Gasteiger partial charge in [-0.2, -0.15) is 4.98 Å². The Morgan fingerprint density at radius 3 is 2.96 bits per heavy atom. The highest BCUT2D eigenvalue weighted by molar-refractivity contribution is 5.92. The molecule has 2 aromatic rings. The van der Waals surface area contributed by atoms with E-state index in [2.05, 4.69) is 15.1 Å². The molecule has 0 saturated carbocycles. The number of aryl methyl sites for hydroxylation is 1. The number of methoxy groups -OCH3 is 1. The Labute approximate surface area is 133 Å². The Morgan fingerprint density at radius 2 is 2.22 bits per heavy atom. The van der Waals surface area contributed by atoms with E-state index < -0.39 is 0 Å². The van der Waals surface area contributed by atoms with E-state index >= 15 is 0 Å². The van der Waals surface area contributed by atoms with Gasteiger partial charge in [-0.15, -0.1) is 0 Å². The molecule has 1 aliphatic rings. The first-order chi connectivity index (χ1) is 11.2. The molecule has 1 atom stereocenters. The van der Waals surface area contributed by atoms with Crippen LogP contribution in [0.4, 0.5) is 0 Å². The number of amides is 1. The third-order valence-electron chi connectivity index (χ3n) is 3.60. The number of rotatable bonds is 4. The van der Waals surface area contributed by atoms with Crippen LogP contribution in [0.15, 0.2) is 23.0 Å². The lowest BCUT2D eigenvalue weighted by molar-refractivity contribution is 0.0516. The summed E-state index contributed by atoms with van der Waals surface area (Å²) in [7, 11) is 1.52. The summed E-state index contributed by atoms with van der Waals surface area (Å²) < 4.78 is 15.8. The Bertz CT molecular complexity index is 688. The minimum atomic E-state index is -0.146. The van der Waals surface area contributed by atoms with Gasteiger partial charge in [-0.25, -0.2) is 0 Å². The number of carbonyl (C=O) groups is 1. The van der Waals surface area contributed by atoms with Crippen LogP contribution in [0, 0.1) is 6.92 Å². The van der Waals surface area contributed by atoms with Gasteiger partial charge in [0.05, 0.1) is 26.0 Å². The van der Waals surface area contributed by atoms with Gasteiger partial charge in [0.15, 0.2) is 5.69 Å². The summed E-state index contributed by atoms with van der Waals surface area (Å²) >= 11 is 0. The summed E-state index contributed by atoms with van der Waals surface area (Å²) in [4.78, 5) is 22.3. The average Bonchev–Trinajstić information content (AvgIpc) is 3.01. The normalized spacial score (nSPS) is 17.8. The SMILES string of the molecule is COc1cncc(OC2CCCN(C(=O)c3cc(C)on3)C2)n1. The highest BCUT2D eigenvalue weighted by Gasteiger charge is 2.27. The molecule has 0 radical (unpaired) electrons. The van der Waals surface area contributed by atoms with Gasteiger partial charge in [0, 0.05) is 12.6 Å². The highest BCUT2D eigenvalue weighted by atomic mass is 16.5. The van der Waals surface area contributed by atoms with Crippen LogP contribution in [0.2, 0.25) is 0 Å². The van der Waals surface area contributed by atoms with Crippen molar-refractivity contribution in [3.05, 3.63) is 29.9 Å². The van der Waals surface area contributed by atoms with Crippen LogP contribution in [0.3, 0.4) is 0 Å². The van der Waals surface area contributed by atoms with Gasteiger partial charge in [-0.3, -0.25) is 9.78 Å². The lowest BCUT2D eigenvalue weighted by Crippen LogP contribution is -2.44. The van der Waals surface area contributed by atoms with E-state index in [1.54, 1.807) is 17.9 Å². The number of likely N-dealkylation sites (tertiary alicyclic amines) is 1. The first kappa shape index (κ1) is 15.3. The second kappa shape index (κ2) is 6.64. The largest absolute Gasteiger partial charge is 0.480 e. The van der Waals surface area contributed by atoms with Gasteiger partial charge < -0.3 is 18.9 Å². The van der Waals surface area contributed by atoms with Gasteiger partial charge in [-0.05, 0) is 19.8 Å². The third kappa shape index (κ3) is 3.58. The maximum absolute atomic E-state index is 12.4. The van der Waals surface area contributed by atoms with E-state index in [1.807, 2.05) is 0 Å². The average molecular weight is 318 g/mol. The molecular weight excluding hydrogens is 300 g/mol. The predicted molar refractivity (Wildman–Crippen MR) is 79.4 cm³/mol. The van der Waals surface area contributed by atoms with E-state index in [9.17, 15) is 4.79 Å². The molecule has 2 aromatic heterocycles. The van der Waals surface area contributed by atoms with Crippen LogP contribution >= 0.6 is 0 Å². The van der Waals surface area contributed by atoms with Gasteiger partial charge >= 0.3 is 0 Å². The molecule has 0 bridgehead atoms. The molecule has 1 fully saturated rings. The number of aromatic nitrogens is 3. The van der Waals surface area contributed by atoms with Crippen molar-refractivity contribution >= 4 is 5.91 Å². The summed E-state index contributed by atoms with van der Waals surface area (Å²) in [5.74, 6) is 1.25. The summed E-state index contributed by atoms with van der Waals surface area (Å²) in [6.07, 6.45) is 4.61. The second-order valence-corrected chi connectivity index (χ2v) is 5.36. The zero-order valence-electron chi connectivity index (χ0n) is 13.1. The van der Waals surface area contributed by atoms with Crippen LogP contribution in [0.5, 0.6) is 11.8 Å². The number of ether oxygens (including phenoxy) is 2. The molecule has 0 aromatic carbocycles. The Hall–Kier alpha value is -2.64. The minimum Gasteiger partial charge on any atom is -0.480 e. The van der Waals surface area contributed by atoms with Crippen LogP contribution in [-0.2, 0) is 0 Å². The van der Waals surface area contributed by atoms with Crippen molar-refractivity contribution in [1.82, 2.24) is 20.0 Å². The number of piperidine rings is 1. The van der Waals surface area contributed by atoms with Crippen LogP contribution in [0.25, 0.3) is 0 Å². The van der Waals surface area contributed by atoms with E-state index in [0.29, 0.717) is 36.3 Å². The number of hydrogen-bond donors (Lipinski definition) is 0. The minimum absolute atomic E-state index is 0.137. The zero-order chi connectivity index (χ0) is 16.2. The monoisotopic (exact) mass is 318 g/mol. The fourth-order valence-corrected chi connectivity index (χ4v) is 2.51. The molecule has 3 rings (SSSR count). The maximum atomic E-state index is 12.4. The molecule has 0 spiro atoms. The van der Waals surface area contributed by atoms with E-state index in [-0.39, 0.29) is 12.0 Å². The van der Waals surface area contributed by atoms with Crippen molar-refractivity contribution < 1.29 is 18.8 Å². The van der Waals surface area contributed by atoms with Crippen molar-refractivity contribution in [3.63, 3.8) is 0 Å². The van der Waals surface area contributed by atoms with Gasteiger partial charge in [-0.1, -0.05) is 5.16 Å². The molecule has 8 heteroatoms. The fourth-order valence-electron chi connectivity index (χ4n) is 2.51. The van der Waals surface area contributed by atoms with Crippen molar-refractivity contribution in [2.24, 2.45) is 0 Å². The molecule has 8 nitrogen and oxygen atoms in total. The predicted octanol–water partition coefficient (Wildman–Crippen LogP) is 1.47. The molecule has 23 heavy (non-hydrogen) atoms. The van der Waals surface area contributed by atoms with Crippen molar-refractivity contribution in [2.75, 3.05) is 20.2 Å². The summed E-state index contributed by atoms with van der Waals surface area (Å²) in [6.45, 7) is 2.91.